The number of carbonyl (C=O) groups is 4. The Labute approximate surface area is 216 Å². The van der Waals surface area contributed by atoms with Gasteiger partial charge in [0.15, 0.2) is 6.61 Å². The van der Waals surface area contributed by atoms with Gasteiger partial charge in [0.1, 0.15) is 6.04 Å². The zero-order valence-corrected chi connectivity index (χ0v) is 21.6. The highest BCUT2D eigenvalue weighted by atomic mass is 35.5. The second kappa shape index (κ2) is 10.1. The number of nitrogens with zero attached hydrogens (tertiary/aromatic N) is 1. The fraction of sp³-hybridized carbons (Fsp3) is 0.304. The quantitative estimate of drug-likeness (QED) is 0.217. The van der Waals surface area contributed by atoms with E-state index in [1.165, 1.54) is 0 Å². The molecule has 2 aromatic carbocycles. The van der Waals surface area contributed by atoms with Gasteiger partial charge in [0.05, 0.1) is 31.2 Å². The van der Waals surface area contributed by atoms with Gasteiger partial charge in [-0.3, -0.25) is 19.3 Å². The number of nitrogens with one attached hydrogen (secondary N) is 1. The van der Waals surface area contributed by atoms with Crippen LogP contribution in [0.3, 0.4) is 0 Å². The maximum Gasteiger partial charge on any atom is 0.330 e. The van der Waals surface area contributed by atoms with Crippen molar-refractivity contribution in [2.75, 3.05) is 11.9 Å². The van der Waals surface area contributed by atoms with Gasteiger partial charge < -0.3 is 10.1 Å². The number of amides is 3. The minimum Gasteiger partial charge on any atom is -0.454 e. The van der Waals surface area contributed by atoms with E-state index in [-0.39, 0.29) is 31.2 Å². The molecule has 0 radical (unpaired) electrons. The first-order chi connectivity index (χ1) is 15.9. The van der Waals surface area contributed by atoms with Crippen molar-refractivity contribution in [1.29, 1.82) is 0 Å². The molecule has 7 nitrogen and oxygen atoms in total. The SMILES string of the molecule is Cc1ccc(NC(=O)COC(=O)[C@H](C(C)C)N2C(=O)c3c(Cl)c(Cl)c(Cl)c(Cl)c3C2=O)cc1C. The summed E-state index contributed by atoms with van der Waals surface area (Å²) in [5.41, 5.74) is 2.11. The third-order valence-corrected chi connectivity index (χ3v) is 7.22. The standard InChI is InChI=1S/C23H20Cl4N2O5/c1-9(2)20(23(33)34-8-13(30)28-12-6-5-10(3)11(4)7-12)29-21(31)14-15(22(29)32)17(25)19(27)18(26)16(14)24/h5-7,9,20H,8H2,1-4H3,(H,28,30)/t20-/m0/s1. The smallest absolute Gasteiger partial charge is 0.330 e. The molecule has 0 fully saturated rings. The Morgan fingerprint density at radius 2 is 1.44 bits per heavy atom. The molecular weight excluding hydrogens is 526 g/mol. The number of hydrogen-bond acceptors (Lipinski definition) is 5. The van der Waals surface area contributed by atoms with Crippen LogP contribution >= 0.6 is 46.4 Å². The highest BCUT2D eigenvalue weighted by Gasteiger charge is 2.48. The Morgan fingerprint density at radius 1 is 0.912 bits per heavy atom. The molecule has 2 aromatic rings. The fourth-order valence-electron chi connectivity index (χ4n) is 3.53. The minimum atomic E-state index is -1.34. The van der Waals surface area contributed by atoms with Crippen LogP contribution in [0, 0.1) is 19.8 Å². The van der Waals surface area contributed by atoms with Crippen molar-refractivity contribution < 1.29 is 23.9 Å². The highest BCUT2D eigenvalue weighted by Crippen LogP contribution is 2.45. The van der Waals surface area contributed by atoms with Crippen LogP contribution in [-0.4, -0.2) is 41.2 Å². The molecule has 0 aliphatic carbocycles. The van der Waals surface area contributed by atoms with Crippen molar-refractivity contribution in [1.82, 2.24) is 4.90 Å². The number of hydrogen-bond donors (Lipinski definition) is 1. The Hall–Kier alpha value is -2.32. The Kier molecular flexibility index (Phi) is 7.82. The molecule has 180 valence electrons. The van der Waals surface area contributed by atoms with E-state index in [9.17, 15) is 19.2 Å². The van der Waals surface area contributed by atoms with Crippen molar-refractivity contribution in [3.8, 4) is 0 Å². The topological polar surface area (TPSA) is 92.8 Å². The maximum absolute atomic E-state index is 13.1. The number of aryl methyl sites for hydroxylation is 2. The summed E-state index contributed by atoms with van der Waals surface area (Å²) in [6.07, 6.45) is 0. The van der Waals surface area contributed by atoms with Crippen molar-refractivity contribution in [2.24, 2.45) is 5.92 Å². The van der Waals surface area contributed by atoms with E-state index in [2.05, 4.69) is 5.32 Å². The molecule has 0 aromatic heterocycles. The molecule has 1 aliphatic heterocycles. The summed E-state index contributed by atoms with van der Waals surface area (Å²) in [4.78, 5) is 52.1. The summed E-state index contributed by atoms with van der Waals surface area (Å²) >= 11 is 24.4. The normalized spacial score (nSPS) is 13.9. The molecule has 0 saturated heterocycles. The van der Waals surface area contributed by atoms with E-state index in [0.29, 0.717) is 10.6 Å². The second-order valence-electron chi connectivity index (χ2n) is 8.13. The molecule has 3 rings (SSSR count). The largest absolute Gasteiger partial charge is 0.454 e. The predicted octanol–water partition coefficient (Wildman–Crippen LogP) is 5.72. The van der Waals surface area contributed by atoms with E-state index in [4.69, 9.17) is 51.1 Å². The molecule has 0 saturated carbocycles. The molecule has 1 N–H and O–H groups in total. The number of rotatable bonds is 6. The van der Waals surface area contributed by atoms with Crippen LogP contribution < -0.4 is 5.32 Å². The van der Waals surface area contributed by atoms with E-state index in [0.717, 1.165) is 11.1 Å². The average Bonchev–Trinajstić information content (AvgIpc) is 3.02. The molecule has 11 heteroatoms. The third kappa shape index (κ3) is 4.75. The van der Waals surface area contributed by atoms with Crippen LogP contribution in [0.1, 0.15) is 45.7 Å². The third-order valence-electron chi connectivity index (χ3n) is 5.42. The van der Waals surface area contributed by atoms with Gasteiger partial charge >= 0.3 is 5.97 Å². The van der Waals surface area contributed by atoms with Crippen LogP contribution in [0.2, 0.25) is 20.1 Å². The van der Waals surface area contributed by atoms with Crippen LogP contribution in [0.15, 0.2) is 18.2 Å². The van der Waals surface area contributed by atoms with Gasteiger partial charge in [-0.2, -0.15) is 0 Å². The number of ether oxygens (including phenoxy) is 1. The predicted molar refractivity (Wildman–Crippen MR) is 131 cm³/mol. The monoisotopic (exact) mass is 544 g/mol. The molecule has 0 spiro atoms. The lowest BCUT2D eigenvalue weighted by atomic mass is 10.0. The highest BCUT2D eigenvalue weighted by molar-refractivity contribution is 6.55. The molecule has 3 amide bonds. The van der Waals surface area contributed by atoms with Crippen molar-refractivity contribution >= 4 is 75.8 Å². The van der Waals surface area contributed by atoms with Gasteiger partial charge in [-0.15, -0.1) is 0 Å². The summed E-state index contributed by atoms with van der Waals surface area (Å²) in [6.45, 7) is 6.47. The Balaban J connectivity index is 1.80. The lowest BCUT2D eigenvalue weighted by Crippen LogP contribution is -2.49. The fourth-order valence-corrected chi connectivity index (χ4v) is 4.55. The molecular formula is C23H20Cl4N2O5. The number of esters is 1. The summed E-state index contributed by atoms with van der Waals surface area (Å²) in [5.74, 6) is -3.79. The second-order valence-corrected chi connectivity index (χ2v) is 9.64. The molecule has 1 atom stereocenters. The van der Waals surface area contributed by atoms with Crippen molar-refractivity contribution in [2.45, 2.75) is 33.7 Å². The molecule has 0 bridgehead atoms. The number of anilines is 1. The van der Waals surface area contributed by atoms with Crippen LogP contribution in [0.5, 0.6) is 0 Å². The van der Waals surface area contributed by atoms with Gasteiger partial charge in [0.25, 0.3) is 17.7 Å². The lowest BCUT2D eigenvalue weighted by Gasteiger charge is -2.27. The van der Waals surface area contributed by atoms with Gasteiger partial charge in [-0.25, -0.2) is 4.79 Å². The summed E-state index contributed by atoms with van der Waals surface area (Å²) in [7, 11) is 0. The van der Waals surface area contributed by atoms with Crippen molar-refractivity contribution in [3.63, 3.8) is 0 Å². The van der Waals surface area contributed by atoms with Gasteiger partial charge in [0.2, 0.25) is 0 Å². The number of imide groups is 1. The number of carbonyl (C=O) groups excluding carboxylic acids is 4. The van der Waals surface area contributed by atoms with E-state index in [1.807, 2.05) is 19.9 Å². The summed E-state index contributed by atoms with van der Waals surface area (Å²) < 4.78 is 5.15. The van der Waals surface area contributed by atoms with Crippen molar-refractivity contribution in [3.05, 3.63) is 60.5 Å². The first-order valence-corrected chi connectivity index (χ1v) is 11.7. The first kappa shape index (κ1) is 26.3. The molecule has 0 unspecified atom stereocenters. The molecule has 1 aliphatic rings. The summed E-state index contributed by atoms with van der Waals surface area (Å²) in [5, 5.41) is 1.80. The van der Waals surface area contributed by atoms with E-state index in [1.54, 1.807) is 26.0 Å². The van der Waals surface area contributed by atoms with Gasteiger partial charge in [-0.05, 0) is 43.0 Å². The van der Waals surface area contributed by atoms with E-state index < -0.39 is 42.3 Å². The maximum atomic E-state index is 13.1. The van der Waals surface area contributed by atoms with Gasteiger partial charge in [0, 0.05) is 5.69 Å². The zero-order chi connectivity index (χ0) is 25.5. The average molecular weight is 546 g/mol. The molecule has 34 heavy (non-hydrogen) atoms. The zero-order valence-electron chi connectivity index (χ0n) is 18.6. The number of benzene rings is 2. The van der Waals surface area contributed by atoms with Crippen LogP contribution in [-0.2, 0) is 14.3 Å². The number of fused-ring (bicyclic) bond motifs is 1. The van der Waals surface area contributed by atoms with Crippen LogP contribution in [0.25, 0.3) is 0 Å². The minimum absolute atomic E-state index is 0.179. The first-order valence-electron chi connectivity index (χ1n) is 10.1. The number of halogens is 4. The Morgan fingerprint density at radius 3 is 1.91 bits per heavy atom. The van der Waals surface area contributed by atoms with Gasteiger partial charge in [-0.1, -0.05) is 66.3 Å². The lowest BCUT2D eigenvalue weighted by molar-refractivity contribution is -0.152. The van der Waals surface area contributed by atoms with Crippen LogP contribution in [0.4, 0.5) is 5.69 Å². The summed E-state index contributed by atoms with van der Waals surface area (Å²) in [6, 6.07) is 4.02. The van der Waals surface area contributed by atoms with E-state index >= 15 is 0 Å². The Bertz CT molecular complexity index is 1180. The molecule has 1 heterocycles.